The fraction of sp³-hybridized carbons (Fsp3) is 0.278. The zero-order valence-electron chi connectivity index (χ0n) is 13.1. The van der Waals surface area contributed by atoms with E-state index in [1.165, 1.54) is 0 Å². The fourth-order valence-corrected chi connectivity index (χ4v) is 2.23. The van der Waals surface area contributed by atoms with Gasteiger partial charge in [0.2, 0.25) is 5.91 Å². The second-order valence-electron chi connectivity index (χ2n) is 5.04. The molecule has 2 aromatic rings. The first-order valence-electron chi connectivity index (χ1n) is 7.19. The zero-order chi connectivity index (χ0) is 15.9. The number of benzene rings is 2. The van der Waals surface area contributed by atoms with Gasteiger partial charge in [0.05, 0.1) is 20.1 Å². The van der Waals surface area contributed by atoms with E-state index in [0.29, 0.717) is 18.0 Å². The maximum absolute atomic E-state index is 12.2. The zero-order valence-corrected chi connectivity index (χ0v) is 13.1. The van der Waals surface area contributed by atoms with Gasteiger partial charge in [-0.3, -0.25) is 4.79 Å². The molecule has 0 radical (unpaired) electrons. The van der Waals surface area contributed by atoms with Gasteiger partial charge in [-0.1, -0.05) is 36.4 Å². The summed E-state index contributed by atoms with van der Waals surface area (Å²) in [7, 11) is 3.19. The normalized spacial score (nSPS) is 11.6. The molecule has 22 heavy (non-hydrogen) atoms. The Morgan fingerprint density at radius 1 is 1.05 bits per heavy atom. The lowest BCUT2D eigenvalue weighted by Crippen LogP contribution is -2.27. The molecule has 0 aliphatic carbocycles. The van der Waals surface area contributed by atoms with E-state index in [9.17, 15) is 4.79 Å². The topological polar surface area (TPSA) is 47.6 Å². The van der Waals surface area contributed by atoms with Gasteiger partial charge in [-0.15, -0.1) is 0 Å². The number of hydrogen-bond donors (Lipinski definition) is 1. The molecule has 1 amide bonds. The molecule has 1 unspecified atom stereocenters. The van der Waals surface area contributed by atoms with E-state index >= 15 is 0 Å². The SMILES string of the molecule is COc1ccc(CNC(=O)C(C)c2ccccc2)cc1OC. The largest absolute Gasteiger partial charge is 0.493 e. The van der Waals surface area contributed by atoms with E-state index < -0.39 is 0 Å². The molecular weight excluding hydrogens is 278 g/mol. The van der Waals surface area contributed by atoms with Crippen LogP contribution in [0.2, 0.25) is 0 Å². The first kappa shape index (κ1) is 15.9. The summed E-state index contributed by atoms with van der Waals surface area (Å²) in [5.41, 5.74) is 1.97. The Labute approximate surface area is 131 Å². The van der Waals surface area contributed by atoms with Crippen LogP contribution < -0.4 is 14.8 Å². The Hall–Kier alpha value is -2.49. The van der Waals surface area contributed by atoms with Crippen molar-refractivity contribution < 1.29 is 14.3 Å². The molecule has 0 aliphatic rings. The Kier molecular flexibility index (Phi) is 5.42. The summed E-state index contributed by atoms with van der Waals surface area (Å²) in [6.45, 7) is 2.36. The van der Waals surface area contributed by atoms with Crippen molar-refractivity contribution >= 4 is 5.91 Å². The molecule has 0 fully saturated rings. The fourth-order valence-electron chi connectivity index (χ4n) is 2.23. The summed E-state index contributed by atoms with van der Waals surface area (Å²) >= 11 is 0. The van der Waals surface area contributed by atoms with E-state index in [1.807, 2.05) is 55.5 Å². The van der Waals surface area contributed by atoms with Crippen LogP contribution >= 0.6 is 0 Å². The monoisotopic (exact) mass is 299 g/mol. The minimum atomic E-state index is -0.179. The number of rotatable bonds is 6. The Morgan fingerprint density at radius 2 is 1.73 bits per heavy atom. The van der Waals surface area contributed by atoms with Gasteiger partial charge in [0.1, 0.15) is 0 Å². The molecule has 2 rings (SSSR count). The first-order chi connectivity index (χ1) is 10.7. The van der Waals surface area contributed by atoms with Crippen molar-refractivity contribution in [2.45, 2.75) is 19.4 Å². The summed E-state index contributed by atoms with van der Waals surface area (Å²) in [5.74, 6) is 1.16. The summed E-state index contributed by atoms with van der Waals surface area (Å²) in [5, 5.41) is 2.95. The molecule has 0 bridgehead atoms. The highest BCUT2D eigenvalue weighted by atomic mass is 16.5. The standard InChI is InChI=1S/C18H21NO3/c1-13(15-7-5-4-6-8-15)18(20)19-12-14-9-10-16(21-2)17(11-14)22-3/h4-11,13H,12H2,1-3H3,(H,19,20). The predicted octanol–water partition coefficient (Wildman–Crippen LogP) is 3.12. The van der Waals surface area contributed by atoms with Crippen LogP contribution in [-0.2, 0) is 11.3 Å². The number of nitrogens with one attached hydrogen (secondary N) is 1. The summed E-state index contributed by atoms with van der Waals surface area (Å²) in [6, 6.07) is 15.3. The van der Waals surface area contributed by atoms with Gasteiger partial charge in [0, 0.05) is 6.54 Å². The minimum absolute atomic E-state index is 0.000912. The van der Waals surface area contributed by atoms with E-state index in [-0.39, 0.29) is 11.8 Å². The highest BCUT2D eigenvalue weighted by molar-refractivity contribution is 5.83. The molecule has 0 saturated heterocycles. The van der Waals surface area contributed by atoms with Crippen molar-refractivity contribution in [3.8, 4) is 11.5 Å². The highest BCUT2D eigenvalue weighted by Gasteiger charge is 2.14. The van der Waals surface area contributed by atoms with Crippen molar-refractivity contribution in [2.24, 2.45) is 0 Å². The predicted molar refractivity (Wildman–Crippen MR) is 86.2 cm³/mol. The van der Waals surface area contributed by atoms with Crippen LogP contribution in [0.3, 0.4) is 0 Å². The summed E-state index contributed by atoms with van der Waals surface area (Å²) in [4.78, 5) is 12.2. The molecule has 1 N–H and O–H groups in total. The van der Waals surface area contributed by atoms with Gasteiger partial charge in [0.15, 0.2) is 11.5 Å². The third kappa shape index (κ3) is 3.79. The number of carbonyl (C=O) groups excluding carboxylic acids is 1. The van der Waals surface area contributed by atoms with Gasteiger partial charge >= 0.3 is 0 Å². The Balaban J connectivity index is 1.99. The van der Waals surface area contributed by atoms with Gasteiger partial charge in [-0.05, 0) is 30.2 Å². The third-order valence-corrected chi connectivity index (χ3v) is 3.61. The number of hydrogen-bond acceptors (Lipinski definition) is 3. The Bertz CT molecular complexity index is 625. The van der Waals surface area contributed by atoms with Crippen LogP contribution in [0.5, 0.6) is 11.5 Å². The van der Waals surface area contributed by atoms with Crippen molar-refractivity contribution in [1.82, 2.24) is 5.32 Å². The van der Waals surface area contributed by atoms with Gasteiger partial charge in [0.25, 0.3) is 0 Å². The molecule has 4 heteroatoms. The smallest absolute Gasteiger partial charge is 0.227 e. The van der Waals surface area contributed by atoms with Gasteiger partial charge in [-0.2, -0.15) is 0 Å². The van der Waals surface area contributed by atoms with Gasteiger partial charge in [-0.25, -0.2) is 0 Å². The lowest BCUT2D eigenvalue weighted by Gasteiger charge is -2.14. The molecule has 0 saturated carbocycles. The van der Waals surface area contributed by atoms with Crippen LogP contribution in [0.1, 0.15) is 24.0 Å². The second-order valence-corrected chi connectivity index (χ2v) is 5.04. The van der Waals surface area contributed by atoms with E-state index in [4.69, 9.17) is 9.47 Å². The van der Waals surface area contributed by atoms with Crippen LogP contribution in [0, 0.1) is 0 Å². The first-order valence-corrected chi connectivity index (χ1v) is 7.19. The van der Waals surface area contributed by atoms with Crippen molar-refractivity contribution in [3.05, 3.63) is 59.7 Å². The molecule has 4 nitrogen and oxygen atoms in total. The quantitative estimate of drug-likeness (QED) is 0.891. The van der Waals surface area contributed by atoms with Crippen LogP contribution in [0.4, 0.5) is 0 Å². The molecule has 0 aromatic heterocycles. The van der Waals surface area contributed by atoms with Crippen molar-refractivity contribution in [2.75, 3.05) is 14.2 Å². The highest BCUT2D eigenvalue weighted by Crippen LogP contribution is 2.27. The van der Waals surface area contributed by atoms with E-state index in [2.05, 4.69) is 5.32 Å². The van der Waals surface area contributed by atoms with Crippen LogP contribution in [0.15, 0.2) is 48.5 Å². The van der Waals surface area contributed by atoms with Crippen LogP contribution in [-0.4, -0.2) is 20.1 Å². The molecule has 1 atom stereocenters. The maximum atomic E-state index is 12.2. The average molecular weight is 299 g/mol. The van der Waals surface area contributed by atoms with Crippen LogP contribution in [0.25, 0.3) is 0 Å². The molecule has 0 aliphatic heterocycles. The molecular formula is C18H21NO3. The molecule has 0 spiro atoms. The Morgan fingerprint density at radius 3 is 2.36 bits per heavy atom. The second kappa shape index (κ2) is 7.50. The summed E-state index contributed by atoms with van der Waals surface area (Å²) < 4.78 is 10.5. The average Bonchev–Trinajstić information content (AvgIpc) is 2.59. The summed E-state index contributed by atoms with van der Waals surface area (Å²) in [6.07, 6.45) is 0. The van der Waals surface area contributed by atoms with Gasteiger partial charge < -0.3 is 14.8 Å². The number of amides is 1. The lowest BCUT2D eigenvalue weighted by molar-refractivity contribution is -0.122. The van der Waals surface area contributed by atoms with Crippen molar-refractivity contribution in [3.63, 3.8) is 0 Å². The lowest BCUT2D eigenvalue weighted by atomic mass is 10.0. The third-order valence-electron chi connectivity index (χ3n) is 3.61. The van der Waals surface area contributed by atoms with E-state index in [1.54, 1.807) is 14.2 Å². The number of methoxy groups -OCH3 is 2. The number of carbonyl (C=O) groups is 1. The molecule has 116 valence electrons. The maximum Gasteiger partial charge on any atom is 0.227 e. The number of ether oxygens (including phenoxy) is 2. The minimum Gasteiger partial charge on any atom is -0.493 e. The molecule has 2 aromatic carbocycles. The molecule has 0 heterocycles. The van der Waals surface area contributed by atoms with Crippen molar-refractivity contribution in [1.29, 1.82) is 0 Å². The van der Waals surface area contributed by atoms with E-state index in [0.717, 1.165) is 11.1 Å².